The van der Waals surface area contributed by atoms with Gasteiger partial charge in [-0.1, -0.05) is 6.07 Å². The molecule has 5 rings (SSSR count). The zero-order valence-corrected chi connectivity index (χ0v) is 16.1. The van der Waals surface area contributed by atoms with E-state index in [1.54, 1.807) is 4.90 Å². The van der Waals surface area contributed by atoms with Gasteiger partial charge in [0.15, 0.2) is 11.5 Å². The molecule has 0 radical (unpaired) electrons. The third-order valence-corrected chi connectivity index (χ3v) is 5.17. The van der Waals surface area contributed by atoms with E-state index in [1.807, 2.05) is 18.2 Å². The van der Waals surface area contributed by atoms with E-state index in [1.165, 1.54) is 29.1 Å². The van der Waals surface area contributed by atoms with Gasteiger partial charge in [-0.15, -0.1) is 15.0 Å². The van der Waals surface area contributed by atoms with Crippen molar-refractivity contribution < 1.29 is 18.7 Å². The quantitative estimate of drug-likeness (QED) is 0.644. The first kappa shape index (κ1) is 18.5. The summed E-state index contributed by atoms with van der Waals surface area (Å²) >= 11 is 0. The van der Waals surface area contributed by atoms with E-state index in [2.05, 4.69) is 20.3 Å². The molecule has 2 aromatic carbocycles. The van der Waals surface area contributed by atoms with Crippen LogP contribution in [0.3, 0.4) is 0 Å². The van der Waals surface area contributed by atoms with Crippen molar-refractivity contribution in [2.45, 2.75) is 6.54 Å². The first-order chi connectivity index (χ1) is 14.7. The van der Waals surface area contributed by atoms with Crippen molar-refractivity contribution in [2.24, 2.45) is 0 Å². The molecule has 0 bridgehead atoms. The van der Waals surface area contributed by atoms with E-state index in [4.69, 9.17) is 9.47 Å². The van der Waals surface area contributed by atoms with Crippen LogP contribution in [-0.2, 0) is 6.54 Å². The fraction of sp³-hybridized carbons (Fsp3) is 0.300. The van der Waals surface area contributed by atoms with Gasteiger partial charge in [0, 0.05) is 32.7 Å². The van der Waals surface area contributed by atoms with E-state index in [0.29, 0.717) is 18.8 Å². The van der Waals surface area contributed by atoms with Crippen LogP contribution in [0.25, 0.3) is 5.69 Å². The van der Waals surface area contributed by atoms with Gasteiger partial charge in [0.2, 0.25) is 6.79 Å². The lowest BCUT2D eigenvalue weighted by atomic mass is 10.1. The van der Waals surface area contributed by atoms with Crippen LogP contribution in [0.2, 0.25) is 0 Å². The predicted octanol–water partition coefficient (Wildman–Crippen LogP) is 1.49. The second-order valence-corrected chi connectivity index (χ2v) is 7.13. The summed E-state index contributed by atoms with van der Waals surface area (Å²) in [5, 5.41) is 11.9. The summed E-state index contributed by atoms with van der Waals surface area (Å²) < 4.78 is 23.8. The minimum atomic E-state index is -0.353. The predicted molar refractivity (Wildman–Crippen MR) is 103 cm³/mol. The van der Waals surface area contributed by atoms with Gasteiger partial charge in [-0.05, 0) is 47.2 Å². The fourth-order valence-electron chi connectivity index (χ4n) is 3.53. The number of halogens is 1. The van der Waals surface area contributed by atoms with Crippen LogP contribution in [-0.4, -0.2) is 68.9 Å². The van der Waals surface area contributed by atoms with Crippen molar-refractivity contribution in [2.75, 3.05) is 33.0 Å². The third-order valence-electron chi connectivity index (χ3n) is 5.17. The van der Waals surface area contributed by atoms with Crippen LogP contribution in [0.5, 0.6) is 11.5 Å². The average molecular weight is 410 g/mol. The average Bonchev–Trinajstić information content (AvgIpc) is 3.44. The van der Waals surface area contributed by atoms with Gasteiger partial charge >= 0.3 is 0 Å². The number of ether oxygens (including phenoxy) is 2. The Morgan fingerprint density at radius 2 is 1.77 bits per heavy atom. The summed E-state index contributed by atoms with van der Waals surface area (Å²) in [6.45, 7) is 3.68. The van der Waals surface area contributed by atoms with Crippen LogP contribution in [0.15, 0.2) is 42.5 Å². The summed E-state index contributed by atoms with van der Waals surface area (Å²) in [4.78, 5) is 18.0. The zero-order valence-electron chi connectivity index (χ0n) is 16.1. The van der Waals surface area contributed by atoms with E-state index in [-0.39, 0.29) is 24.3 Å². The van der Waals surface area contributed by atoms with Crippen LogP contribution in [0.4, 0.5) is 4.39 Å². The number of piperazine rings is 1. The molecule has 3 aromatic rings. The minimum Gasteiger partial charge on any atom is -0.454 e. The SMILES string of the molecule is O=C(c1nnn(-c2ccc(F)cc2)n1)N1CCN(Cc2ccc3c(c2)OCO3)CC1. The maximum atomic E-state index is 13.1. The molecular formula is C20H19FN6O3. The Kier molecular flexibility index (Phi) is 4.75. The summed E-state index contributed by atoms with van der Waals surface area (Å²) in [7, 11) is 0. The molecule has 10 heteroatoms. The van der Waals surface area contributed by atoms with Crippen molar-refractivity contribution in [3.63, 3.8) is 0 Å². The molecule has 2 aliphatic rings. The van der Waals surface area contributed by atoms with Crippen molar-refractivity contribution in [3.8, 4) is 17.2 Å². The lowest BCUT2D eigenvalue weighted by Crippen LogP contribution is -2.48. The topological polar surface area (TPSA) is 85.6 Å². The highest BCUT2D eigenvalue weighted by atomic mass is 19.1. The molecule has 3 heterocycles. The Balaban J connectivity index is 1.18. The molecule has 1 fully saturated rings. The van der Waals surface area contributed by atoms with E-state index >= 15 is 0 Å². The summed E-state index contributed by atoms with van der Waals surface area (Å²) in [5.41, 5.74) is 1.68. The molecular weight excluding hydrogens is 391 g/mol. The van der Waals surface area contributed by atoms with Crippen LogP contribution in [0, 0.1) is 5.82 Å². The normalized spacial score (nSPS) is 16.1. The second kappa shape index (κ2) is 7.71. The highest BCUT2D eigenvalue weighted by Crippen LogP contribution is 2.32. The zero-order chi connectivity index (χ0) is 20.5. The van der Waals surface area contributed by atoms with Gasteiger partial charge in [-0.2, -0.15) is 0 Å². The Morgan fingerprint density at radius 3 is 2.57 bits per heavy atom. The number of carbonyl (C=O) groups is 1. The molecule has 0 unspecified atom stereocenters. The van der Waals surface area contributed by atoms with E-state index in [9.17, 15) is 9.18 Å². The number of tetrazole rings is 1. The number of carbonyl (C=O) groups excluding carboxylic acids is 1. The first-order valence-electron chi connectivity index (χ1n) is 9.62. The highest BCUT2D eigenvalue weighted by Gasteiger charge is 2.26. The molecule has 0 aliphatic carbocycles. The molecule has 1 aromatic heterocycles. The van der Waals surface area contributed by atoms with Crippen LogP contribution in [0.1, 0.15) is 16.2 Å². The van der Waals surface area contributed by atoms with Crippen molar-refractivity contribution in [1.82, 2.24) is 30.0 Å². The van der Waals surface area contributed by atoms with Crippen molar-refractivity contribution >= 4 is 5.91 Å². The highest BCUT2D eigenvalue weighted by molar-refractivity contribution is 5.90. The van der Waals surface area contributed by atoms with Gasteiger partial charge in [-0.3, -0.25) is 9.69 Å². The second-order valence-electron chi connectivity index (χ2n) is 7.13. The van der Waals surface area contributed by atoms with Gasteiger partial charge in [0.1, 0.15) is 5.82 Å². The number of hydrogen-bond donors (Lipinski definition) is 0. The molecule has 0 spiro atoms. The largest absolute Gasteiger partial charge is 0.454 e. The maximum Gasteiger partial charge on any atom is 0.295 e. The Bertz CT molecular complexity index is 1060. The summed E-state index contributed by atoms with van der Waals surface area (Å²) in [6.07, 6.45) is 0. The smallest absolute Gasteiger partial charge is 0.295 e. The number of hydrogen-bond acceptors (Lipinski definition) is 7. The molecule has 1 saturated heterocycles. The monoisotopic (exact) mass is 410 g/mol. The molecule has 2 aliphatic heterocycles. The lowest BCUT2D eigenvalue weighted by molar-refractivity contribution is 0.0616. The number of aromatic nitrogens is 4. The van der Waals surface area contributed by atoms with Gasteiger partial charge < -0.3 is 14.4 Å². The Hall–Kier alpha value is -3.53. The number of amides is 1. The Morgan fingerprint density at radius 1 is 1.00 bits per heavy atom. The van der Waals surface area contributed by atoms with Gasteiger partial charge in [0.05, 0.1) is 5.69 Å². The molecule has 1 amide bonds. The fourth-order valence-corrected chi connectivity index (χ4v) is 3.53. The molecule has 9 nitrogen and oxygen atoms in total. The molecule has 0 saturated carbocycles. The number of rotatable bonds is 4. The standard InChI is InChI=1S/C20H19FN6O3/c21-15-2-4-16(5-3-15)27-23-19(22-24-27)20(28)26-9-7-25(8-10-26)12-14-1-6-17-18(11-14)30-13-29-17/h1-6,11H,7-10,12-13H2. The lowest BCUT2D eigenvalue weighted by Gasteiger charge is -2.34. The summed E-state index contributed by atoms with van der Waals surface area (Å²) in [5.74, 6) is 0.968. The number of fused-ring (bicyclic) bond motifs is 1. The first-order valence-corrected chi connectivity index (χ1v) is 9.62. The van der Waals surface area contributed by atoms with Crippen molar-refractivity contribution in [3.05, 3.63) is 59.7 Å². The van der Waals surface area contributed by atoms with Crippen LogP contribution >= 0.6 is 0 Å². The maximum absolute atomic E-state index is 13.1. The van der Waals surface area contributed by atoms with Crippen LogP contribution < -0.4 is 9.47 Å². The van der Waals surface area contributed by atoms with Gasteiger partial charge in [-0.25, -0.2) is 4.39 Å². The molecule has 0 N–H and O–H groups in total. The summed E-state index contributed by atoms with van der Waals surface area (Å²) in [6, 6.07) is 11.6. The minimum absolute atomic E-state index is 0.0311. The molecule has 0 atom stereocenters. The number of nitrogens with zero attached hydrogens (tertiary/aromatic N) is 6. The van der Waals surface area contributed by atoms with E-state index < -0.39 is 0 Å². The molecule has 154 valence electrons. The Labute approximate surface area is 171 Å². The number of benzene rings is 2. The van der Waals surface area contributed by atoms with Gasteiger partial charge in [0.25, 0.3) is 11.7 Å². The van der Waals surface area contributed by atoms with Crippen molar-refractivity contribution in [1.29, 1.82) is 0 Å². The van der Waals surface area contributed by atoms with E-state index in [0.717, 1.165) is 36.7 Å². The third kappa shape index (κ3) is 3.69. The molecule has 30 heavy (non-hydrogen) atoms.